The quantitative estimate of drug-likeness (QED) is 0.239. The molecule has 2 aromatic heterocycles. The number of nitrogens with zero attached hydrogens (tertiary/aromatic N) is 3. The summed E-state index contributed by atoms with van der Waals surface area (Å²) in [7, 11) is 3.85. The molecular formula is C31H36N6O3. The summed E-state index contributed by atoms with van der Waals surface area (Å²) >= 11 is 0. The lowest BCUT2D eigenvalue weighted by Crippen LogP contribution is -2.48. The minimum absolute atomic E-state index is 0.0377. The number of imidazole rings is 1. The number of aromatic nitrogens is 3. The zero-order valence-electron chi connectivity index (χ0n) is 23.7. The van der Waals surface area contributed by atoms with Gasteiger partial charge in [0.15, 0.2) is 5.78 Å². The summed E-state index contributed by atoms with van der Waals surface area (Å²) in [4.78, 5) is 54.3. The first-order valence-corrected chi connectivity index (χ1v) is 13.7. The Morgan fingerprint density at radius 2 is 1.70 bits per heavy atom. The first-order valence-electron chi connectivity index (χ1n) is 13.7. The second-order valence-electron chi connectivity index (χ2n) is 10.9. The van der Waals surface area contributed by atoms with Crippen LogP contribution in [0.5, 0.6) is 0 Å². The standard InChI is InChI=1S/C31H36N6O3/c1-18-26(29-34-24-12-11-23(17-25(24)35-29)28(38)21-9-7-6-8-10-21)19(2)32-27(18)31(40)37-15-13-22(14-16-37)30(39)33-20(3)36(4)5/h6-12,17,20,22,32H,13-16H2,1-5H3,(H,33,39)(H,34,35). The summed E-state index contributed by atoms with van der Waals surface area (Å²) in [6.07, 6.45) is 1.23. The monoisotopic (exact) mass is 540 g/mol. The van der Waals surface area contributed by atoms with Gasteiger partial charge in [0.2, 0.25) is 5.91 Å². The van der Waals surface area contributed by atoms with Crippen molar-refractivity contribution in [2.24, 2.45) is 5.92 Å². The molecule has 0 radical (unpaired) electrons. The number of H-pyrrole nitrogens is 2. The molecule has 1 atom stereocenters. The molecule has 4 aromatic rings. The van der Waals surface area contributed by atoms with Crippen LogP contribution in [-0.4, -0.2) is 75.7 Å². The minimum atomic E-state index is -0.0947. The van der Waals surface area contributed by atoms with E-state index in [0.29, 0.717) is 54.1 Å². The van der Waals surface area contributed by atoms with Gasteiger partial charge in [-0.25, -0.2) is 4.98 Å². The minimum Gasteiger partial charge on any atom is -0.354 e. The molecule has 0 saturated carbocycles. The van der Waals surface area contributed by atoms with E-state index in [1.54, 1.807) is 24.3 Å². The van der Waals surface area contributed by atoms with Gasteiger partial charge in [-0.05, 0) is 71.5 Å². The molecule has 3 heterocycles. The van der Waals surface area contributed by atoms with E-state index in [2.05, 4.69) is 15.3 Å². The summed E-state index contributed by atoms with van der Waals surface area (Å²) < 4.78 is 0. The molecule has 1 saturated heterocycles. The number of ketones is 1. The van der Waals surface area contributed by atoms with E-state index >= 15 is 0 Å². The number of rotatable bonds is 7. The van der Waals surface area contributed by atoms with E-state index in [1.165, 1.54) is 0 Å². The fraction of sp³-hybridized carbons (Fsp3) is 0.355. The van der Waals surface area contributed by atoms with Crippen LogP contribution in [0.3, 0.4) is 0 Å². The van der Waals surface area contributed by atoms with Gasteiger partial charge in [0, 0.05) is 41.4 Å². The number of likely N-dealkylation sites (tertiary alicyclic amines) is 1. The Hall–Kier alpha value is -4.24. The molecule has 1 aliphatic rings. The smallest absolute Gasteiger partial charge is 0.270 e. The van der Waals surface area contributed by atoms with E-state index in [4.69, 9.17) is 4.98 Å². The van der Waals surface area contributed by atoms with Crippen LogP contribution in [0.25, 0.3) is 22.4 Å². The van der Waals surface area contributed by atoms with Crippen LogP contribution < -0.4 is 5.32 Å². The number of benzene rings is 2. The van der Waals surface area contributed by atoms with Gasteiger partial charge in [-0.2, -0.15) is 0 Å². The fourth-order valence-electron chi connectivity index (χ4n) is 5.30. The van der Waals surface area contributed by atoms with Crippen LogP contribution in [0.4, 0.5) is 0 Å². The summed E-state index contributed by atoms with van der Waals surface area (Å²) in [5.41, 5.74) is 5.76. The summed E-state index contributed by atoms with van der Waals surface area (Å²) in [6.45, 7) is 6.87. The van der Waals surface area contributed by atoms with Crippen LogP contribution in [-0.2, 0) is 4.79 Å². The number of carbonyl (C=O) groups excluding carboxylic acids is 3. The second kappa shape index (κ2) is 11.1. The van der Waals surface area contributed by atoms with E-state index in [0.717, 1.165) is 22.3 Å². The van der Waals surface area contributed by atoms with Crippen molar-refractivity contribution in [3.63, 3.8) is 0 Å². The van der Waals surface area contributed by atoms with E-state index in [9.17, 15) is 14.4 Å². The SMILES string of the molecule is Cc1[nH]c(C(=O)N2CCC(C(=O)NC(C)N(C)C)CC2)c(C)c1-c1nc2cc(C(=O)c3ccccc3)ccc2[nH]1. The van der Waals surface area contributed by atoms with Crippen molar-refractivity contribution in [2.75, 3.05) is 27.2 Å². The van der Waals surface area contributed by atoms with Crippen molar-refractivity contribution < 1.29 is 14.4 Å². The van der Waals surface area contributed by atoms with Gasteiger partial charge in [-0.1, -0.05) is 30.3 Å². The number of piperidine rings is 1. The normalized spacial score (nSPS) is 15.0. The Morgan fingerprint density at radius 3 is 2.38 bits per heavy atom. The fourth-order valence-corrected chi connectivity index (χ4v) is 5.30. The maximum Gasteiger partial charge on any atom is 0.270 e. The highest BCUT2D eigenvalue weighted by Gasteiger charge is 2.31. The van der Waals surface area contributed by atoms with Crippen molar-refractivity contribution >= 4 is 28.6 Å². The third-order valence-electron chi connectivity index (χ3n) is 7.95. The number of amides is 2. The van der Waals surface area contributed by atoms with E-state index < -0.39 is 0 Å². The molecule has 9 heteroatoms. The molecular weight excluding hydrogens is 504 g/mol. The van der Waals surface area contributed by atoms with Crippen LogP contribution in [0.1, 0.15) is 57.4 Å². The molecule has 9 nitrogen and oxygen atoms in total. The number of fused-ring (bicyclic) bond motifs is 1. The van der Waals surface area contributed by atoms with Crippen molar-refractivity contribution in [3.8, 4) is 11.4 Å². The summed E-state index contributed by atoms with van der Waals surface area (Å²) in [6, 6.07) is 14.7. The van der Waals surface area contributed by atoms with Crippen LogP contribution >= 0.6 is 0 Å². The molecule has 40 heavy (non-hydrogen) atoms. The van der Waals surface area contributed by atoms with Crippen LogP contribution in [0.15, 0.2) is 48.5 Å². The summed E-state index contributed by atoms with van der Waals surface area (Å²) in [5.74, 6) is 0.473. The zero-order valence-corrected chi connectivity index (χ0v) is 23.7. The number of nitrogens with one attached hydrogen (secondary N) is 3. The van der Waals surface area contributed by atoms with Gasteiger partial charge in [-0.3, -0.25) is 19.3 Å². The van der Waals surface area contributed by atoms with Crippen molar-refractivity contribution in [2.45, 2.75) is 39.8 Å². The Balaban J connectivity index is 1.32. The second-order valence-corrected chi connectivity index (χ2v) is 10.9. The molecule has 1 aliphatic heterocycles. The third-order valence-corrected chi connectivity index (χ3v) is 7.95. The van der Waals surface area contributed by atoms with Crippen molar-refractivity contribution in [1.29, 1.82) is 0 Å². The molecule has 2 aromatic carbocycles. The molecule has 0 spiro atoms. The molecule has 3 N–H and O–H groups in total. The Labute approximate surface area is 234 Å². The zero-order chi connectivity index (χ0) is 28.6. The number of aromatic amines is 2. The van der Waals surface area contributed by atoms with Gasteiger partial charge in [0.05, 0.1) is 17.2 Å². The van der Waals surface area contributed by atoms with Gasteiger partial charge in [0.25, 0.3) is 5.91 Å². The van der Waals surface area contributed by atoms with E-state index in [1.807, 2.05) is 68.9 Å². The molecule has 2 amide bonds. The molecule has 1 fully saturated rings. The highest BCUT2D eigenvalue weighted by atomic mass is 16.2. The van der Waals surface area contributed by atoms with Crippen molar-refractivity contribution in [3.05, 3.63) is 76.6 Å². The predicted molar refractivity (Wildman–Crippen MR) is 155 cm³/mol. The van der Waals surface area contributed by atoms with Gasteiger partial charge in [-0.15, -0.1) is 0 Å². The summed E-state index contributed by atoms with van der Waals surface area (Å²) in [5, 5.41) is 3.04. The first kappa shape index (κ1) is 27.3. The Morgan fingerprint density at radius 1 is 1.00 bits per heavy atom. The molecule has 1 unspecified atom stereocenters. The first-order chi connectivity index (χ1) is 19.1. The lowest BCUT2D eigenvalue weighted by atomic mass is 9.95. The highest BCUT2D eigenvalue weighted by molar-refractivity contribution is 6.10. The Kier molecular flexibility index (Phi) is 7.58. The number of hydrogen-bond acceptors (Lipinski definition) is 5. The van der Waals surface area contributed by atoms with E-state index in [-0.39, 0.29) is 29.7 Å². The van der Waals surface area contributed by atoms with Gasteiger partial charge >= 0.3 is 0 Å². The van der Waals surface area contributed by atoms with Crippen LogP contribution in [0.2, 0.25) is 0 Å². The topological polar surface area (TPSA) is 114 Å². The average Bonchev–Trinajstić information content (AvgIpc) is 3.51. The maximum absolute atomic E-state index is 13.5. The number of aryl methyl sites for hydroxylation is 1. The van der Waals surface area contributed by atoms with Gasteiger partial charge < -0.3 is 20.2 Å². The lowest BCUT2D eigenvalue weighted by molar-refractivity contribution is -0.127. The lowest BCUT2D eigenvalue weighted by Gasteiger charge is -2.32. The number of hydrogen-bond donors (Lipinski definition) is 3. The molecule has 0 bridgehead atoms. The Bertz CT molecular complexity index is 1560. The molecule has 208 valence electrons. The van der Waals surface area contributed by atoms with Crippen LogP contribution in [0, 0.1) is 19.8 Å². The van der Waals surface area contributed by atoms with Gasteiger partial charge in [0.1, 0.15) is 11.5 Å². The number of carbonyl (C=O) groups is 3. The third kappa shape index (κ3) is 5.29. The van der Waals surface area contributed by atoms with Crippen molar-refractivity contribution in [1.82, 2.24) is 30.1 Å². The maximum atomic E-state index is 13.5. The molecule has 0 aliphatic carbocycles. The molecule has 5 rings (SSSR count). The predicted octanol–water partition coefficient (Wildman–Crippen LogP) is 4.28. The average molecular weight is 541 g/mol. The largest absolute Gasteiger partial charge is 0.354 e. The highest BCUT2D eigenvalue weighted by Crippen LogP contribution is 2.31.